The van der Waals surface area contributed by atoms with Crippen molar-refractivity contribution < 1.29 is 4.79 Å². The fourth-order valence-electron chi connectivity index (χ4n) is 4.49. The molecule has 1 unspecified atom stereocenters. The third-order valence-corrected chi connectivity index (χ3v) is 6.39. The summed E-state index contributed by atoms with van der Waals surface area (Å²) in [4.78, 5) is 26.6. The first-order chi connectivity index (χ1) is 14.9. The molecule has 0 aliphatic carbocycles. The molecule has 2 saturated heterocycles. The van der Waals surface area contributed by atoms with Crippen LogP contribution in [0.15, 0.2) is 23.2 Å². The van der Waals surface area contributed by atoms with Crippen LogP contribution in [0.4, 0.5) is 5.69 Å². The second kappa shape index (κ2) is 10.8. The van der Waals surface area contributed by atoms with Crippen molar-refractivity contribution in [3.05, 3.63) is 29.3 Å². The Morgan fingerprint density at radius 1 is 1.10 bits per heavy atom. The van der Waals surface area contributed by atoms with Gasteiger partial charge in [0.1, 0.15) is 0 Å². The minimum Gasteiger partial charge on any atom is -0.377 e. The largest absolute Gasteiger partial charge is 0.377 e. The van der Waals surface area contributed by atoms with Crippen molar-refractivity contribution in [3.8, 4) is 0 Å². The van der Waals surface area contributed by atoms with Gasteiger partial charge in [0.05, 0.1) is 12.6 Å². The summed E-state index contributed by atoms with van der Waals surface area (Å²) in [7, 11) is 4.16. The summed E-state index contributed by atoms with van der Waals surface area (Å²) < 4.78 is 0. The number of anilines is 1. The summed E-state index contributed by atoms with van der Waals surface area (Å²) in [5.41, 5.74) is 3.71. The first-order valence-electron chi connectivity index (χ1n) is 11.7. The monoisotopic (exact) mass is 428 g/mol. The predicted octanol–water partition coefficient (Wildman–Crippen LogP) is 2.16. The van der Waals surface area contributed by atoms with Gasteiger partial charge >= 0.3 is 0 Å². The standard InChI is InChI=1S/C24H40N6O/c1-6-25-24(26-18-21-10-9-19(2)17-22(21)27(4)5)30-15-13-28(14-16-30)20(3)23(31)29-11-7-8-12-29/h9-10,17,20H,6-8,11-16,18H2,1-5H3,(H,25,26). The van der Waals surface area contributed by atoms with E-state index < -0.39 is 0 Å². The number of nitrogens with one attached hydrogen (secondary N) is 1. The van der Waals surface area contributed by atoms with Gasteiger partial charge in [-0.05, 0) is 50.8 Å². The van der Waals surface area contributed by atoms with Gasteiger partial charge in [-0.25, -0.2) is 4.99 Å². The van der Waals surface area contributed by atoms with Crippen LogP contribution in [0, 0.1) is 6.92 Å². The number of likely N-dealkylation sites (tertiary alicyclic amines) is 1. The van der Waals surface area contributed by atoms with E-state index in [-0.39, 0.29) is 6.04 Å². The van der Waals surface area contributed by atoms with E-state index >= 15 is 0 Å². The van der Waals surface area contributed by atoms with Crippen LogP contribution < -0.4 is 10.2 Å². The average Bonchev–Trinajstić information content (AvgIpc) is 3.31. The summed E-state index contributed by atoms with van der Waals surface area (Å²) in [6, 6.07) is 6.52. The highest BCUT2D eigenvalue weighted by Crippen LogP contribution is 2.21. The summed E-state index contributed by atoms with van der Waals surface area (Å²) >= 11 is 0. The first kappa shape index (κ1) is 23.4. The zero-order chi connectivity index (χ0) is 22.4. The Kier molecular flexibility index (Phi) is 8.18. The van der Waals surface area contributed by atoms with Crippen molar-refractivity contribution in [2.45, 2.75) is 46.2 Å². The lowest BCUT2D eigenvalue weighted by Crippen LogP contribution is -2.57. The van der Waals surface area contributed by atoms with Crippen molar-refractivity contribution in [2.75, 3.05) is 64.8 Å². The molecule has 1 N–H and O–H groups in total. The van der Waals surface area contributed by atoms with E-state index in [1.54, 1.807) is 0 Å². The number of piperazine rings is 1. The van der Waals surface area contributed by atoms with Gasteiger partial charge in [0.15, 0.2) is 5.96 Å². The van der Waals surface area contributed by atoms with Crippen LogP contribution in [0.2, 0.25) is 0 Å². The molecule has 1 amide bonds. The number of guanidine groups is 1. The van der Waals surface area contributed by atoms with Crippen molar-refractivity contribution in [2.24, 2.45) is 4.99 Å². The van der Waals surface area contributed by atoms with Gasteiger partial charge in [-0.3, -0.25) is 9.69 Å². The van der Waals surface area contributed by atoms with Gasteiger partial charge < -0.3 is 20.0 Å². The number of benzene rings is 1. The van der Waals surface area contributed by atoms with Crippen LogP contribution in [-0.4, -0.2) is 92.5 Å². The average molecular weight is 429 g/mol. The Hall–Kier alpha value is -2.28. The SMILES string of the molecule is CCNC(=NCc1ccc(C)cc1N(C)C)N1CCN(C(C)C(=O)N2CCCC2)CC1. The molecule has 31 heavy (non-hydrogen) atoms. The van der Waals surface area contributed by atoms with Crippen molar-refractivity contribution in [3.63, 3.8) is 0 Å². The van der Waals surface area contributed by atoms with Gasteiger partial charge in [0.2, 0.25) is 5.91 Å². The molecular weight excluding hydrogens is 388 g/mol. The number of aryl methyl sites for hydroxylation is 1. The molecule has 0 saturated carbocycles. The van der Waals surface area contributed by atoms with E-state index in [2.05, 4.69) is 73.1 Å². The Morgan fingerprint density at radius 2 is 1.77 bits per heavy atom. The summed E-state index contributed by atoms with van der Waals surface area (Å²) in [5.74, 6) is 1.26. The van der Waals surface area contributed by atoms with Crippen LogP contribution in [0.1, 0.15) is 37.8 Å². The van der Waals surface area contributed by atoms with Crippen molar-refractivity contribution >= 4 is 17.6 Å². The van der Waals surface area contributed by atoms with Crippen molar-refractivity contribution in [1.29, 1.82) is 0 Å². The Labute approximate surface area is 188 Å². The van der Waals surface area contributed by atoms with Gasteiger partial charge in [0, 0.05) is 65.6 Å². The number of aliphatic imine (C=N–C) groups is 1. The normalized spacial score (nSPS) is 18.9. The highest BCUT2D eigenvalue weighted by Gasteiger charge is 2.30. The number of nitrogens with zero attached hydrogens (tertiary/aromatic N) is 5. The molecule has 7 heteroatoms. The van der Waals surface area contributed by atoms with Crippen molar-refractivity contribution in [1.82, 2.24) is 20.0 Å². The third kappa shape index (κ3) is 5.91. The maximum absolute atomic E-state index is 12.8. The summed E-state index contributed by atoms with van der Waals surface area (Å²) in [5, 5.41) is 3.46. The minimum atomic E-state index is -0.0324. The van der Waals surface area contributed by atoms with Crippen LogP contribution in [0.3, 0.4) is 0 Å². The number of hydrogen-bond acceptors (Lipinski definition) is 4. The molecule has 2 heterocycles. The minimum absolute atomic E-state index is 0.0324. The molecule has 0 radical (unpaired) electrons. The van der Waals surface area contributed by atoms with Gasteiger partial charge in [-0.15, -0.1) is 0 Å². The molecule has 2 aliphatic rings. The molecule has 0 bridgehead atoms. The fourth-order valence-corrected chi connectivity index (χ4v) is 4.49. The van der Waals surface area contributed by atoms with Gasteiger partial charge in [-0.1, -0.05) is 12.1 Å². The van der Waals surface area contributed by atoms with Crippen LogP contribution in [0.25, 0.3) is 0 Å². The highest BCUT2D eigenvalue weighted by molar-refractivity contribution is 5.82. The van der Waals surface area contributed by atoms with Crippen LogP contribution in [0.5, 0.6) is 0 Å². The number of rotatable bonds is 6. The van der Waals surface area contributed by atoms with Gasteiger partial charge in [-0.2, -0.15) is 0 Å². The maximum Gasteiger partial charge on any atom is 0.239 e. The third-order valence-electron chi connectivity index (χ3n) is 6.39. The fraction of sp³-hybridized carbons (Fsp3) is 0.667. The number of carbonyl (C=O) groups is 1. The zero-order valence-electron chi connectivity index (χ0n) is 20.0. The lowest BCUT2D eigenvalue weighted by molar-refractivity contribution is -0.135. The molecule has 1 aromatic rings. The van der Waals surface area contributed by atoms with Gasteiger partial charge in [0.25, 0.3) is 0 Å². The molecule has 2 aliphatic heterocycles. The predicted molar refractivity (Wildman–Crippen MR) is 129 cm³/mol. The molecule has 1 atom stereocenters. The topological polar surface area (TPSA) is 54.4 Å². The van der Waals surface area contributed by atoms with E-state index in [1.807, 2.05) is 4.90 Å². The summed E-state index contributed by atoms with van der Waals surface area (Å²) in [6.07, 6.45) is 2.29. The van der Waals surface area contributed by atoms with E-state index in [0.29, 0.717) is 12.5 Å². The maximum atomic E-state index is 12.8. The zero-order valence-corrected chi connectivity index (χ0v) is 20.0. The molecular formula is C24H40N6O. The number of amides is 1. The second-order valence-electron chi connectivity index (χ2n) is 8.93. The Morgan fingerprint density at radius 3 is 2.39 bits per heavy atom. The second-order valence-corrected chi connectivity index (χ2v) is 8.93. The number of hydrogen-bond donors (Lipinski definition) is 1. The molecule has 3 rings (SSSR count). The van der Waals surface area contributed by atoms with Crippen LogP contribution in [-0.2, 0) is 11.3 Å². The Balaban J connectivity index is 1.62. The molecule has 0 aromatic heterocycles. The smallest absolute Gasteiger partial charge is 0.239 e. The molecule has 0 spiro atoms. The lowest BCUT2D eigenvalue weighted by atomic mass is 10.1. The van der Waals surface area contributed by atoms with Crippen LogP contribution >= 0.6 is 0 Å². The first-order valence-corrected chi connectivity index (χ1v) is 11.7. The van der Waals surface area contributed by atoms with E-state index in [1.165, 1.54) is 16.8 Å². The Bertz CT molecular complexity index is 763. The molecule has 2 fully saturated rings. The summed E-state index contributed by atoms with van der Waals surface area (Å²) in [6.45, 7) is 13.2. The van der Waals surface area contributed by atoms with E-state index in [0.717, 1.165) is 64.6 Å². The lowest BCUT2D eigenvalue weighted by Gasteiger charge is -2.39. The highest BCUT2D eigenvalue weighted by atomic mass is 16.2. The molecule has 172 valence electrons. The molecule has 1 aromatic carbocycles. The van der Waals surface area contributed by atoms with E-state index in [9.17, 15) is 4.79 Å². The number of carbonyl (C=O) groups excluding carboxylic acids is 1. The molecule has 7 nitrogen and oxygen atoms in total. The quantitative estimate of drug-likeness (QED) is 0.556. The van der Waals surface area contributed by atoms with E-state index in [4.69, 9.17) is 4.99 Å².